The van der Waals surface area contributed by atoms with Crippen molar-refractivity contribution in [3.8, 4) is 0 Å². The standard InChI is InChI=1S/C18H18BrFN2O2S/c19-13-1-4-15(5-2-13)25-12-18(23)21-14-3-6-17(16(20)11-14)22-7-9-24-10-8-22/h1-6,11H,7-10,12H2,(H,21,23). The van der Waals surface area contributed by atoms with E-state index in [1.165, 1.54) is 17.8 Å². The molecule has 0 saturated carbocycles. The van der Waals surface area contributed by atoms with Gasteiger partial charge in [-0.05, 0) is 42.5 Å². The molecule has 0 unspecified atom stereocenters. The van der Waals surface area contributed by atoms with Crippen molar-refractivity contribution >= 4 is 45.0 Å². The van der Waals surface area contributed by atoms with Crippen molar-refractivity contribution in [2.24, 2.45) is 0 Å². The van der Waals surface area contributed by atoms with E-state index in [9.17, 15) is 9.18 Å². The molecular formula is C18H18BrFN2O2S. The zero-order valence-corrected chi connectivity index (χ0v) is 15.9. The minimum atomic E-state index is -0.333. The van der Waals surface area contributed by atoms with Gasteiger partial charge in [0.2, 0.25) is 5.91 Å². The second-order valence-electron chi connectivity index (χ2n) is 5.56. The van der Waals surface area contributed by atoms with Gasteiger partial charge in [0.25, 0.3) is 0 Å². The SMILES string of the molecule is O=C(CSc1ccc(Br)cc1)Nc1ccc(N2CCOCC2)c(F)c1. The van der Waals surface area contributed by atoms with Gasteiger partial charge in [-0.2, -0.15) is 0 Å². The number of amides is 1. The fourth-order valence-corrected chi connectivity index (χ4v) is 3.48. The number of thioether (sulfide) groups is 1. The fraction of sp³-hybridized carbons (Fsp3) is 0.278. The minimum absolute atomic E-state index is 0.161. The second kappa shape index (κ2) is 8.69. The average molecular weight is 425 g/mol. The van der Waals surface area contributed by atoms with Crippen molar-refractivity contribution in [3.63, 3.8) is 0 Å². The van der Waals surface area contributed by atoms with Gasteiger partial charge in [0.1, 0.15) is 5.82 Å². The van der Waals surface area contributed by atoms with Crippen molar-refractivity contribution in [3.05, 3.63) is 52.8 Å². The summed E-state index contributed by atoms with van der Waals surface area (Å²) < 4.78 is 20.6. The van der Waals surface area contributed by atoms with Crippen LogP contribution in [0.15, 0.2) is 51.8 Å². The molecule has 0 aromatic heterocycles. The number of nitrogens with zero attached hydrogens (tertiary/aromatic N) is 1. The molecule has 0 spiro atoms. The average Bonchev–Trinajstić information content (AvgIpc) is 2.62. The Kier molecular flexibility index (Phi) is 6.34. The van der Waals surface area contributed by atoms with Crippen LogP contribution in [0.1, 0.15) is 0 Å². The van der Waals surface area contributed by atoms with E-state index in [0.29, 0.717) is 37.7 Å². The predicted molar refractivity (Wildman–Crippen MR) is 103 cm³/mol. The summed E-state index contributed by atoms with van der Waals surface area (Å²) in [6, 6.07) is 12.6. The van der Waals surface area contributed by atoms with E-state index in [1.54, 1.807) is 12.1 Å². The van der Waals surface area contributed by atoms with Gasteiger partial charge in [0.15, 0.2) is 0 Å². The van der Waals surface area contributed by atoms with Gasteiger partial charge in [-0.15, -0.1) is 11.8 Å². The van der Waals surface area contributed by atoms with Gasteiger partial charge >= 0.3 is 0 Å². The number of anilines is 2. The fourth-order valence-electron chi connectivity index (χ4n) is 2.52. The van der Waals surface area contributed by atoms with E-state index >= 15 is 0 Å². The Labute approximate surface area is 158 Å². The van der Waals surface area contributed by atoms with Crippen LogP contribution >= 0.6 is 27.7 Å². The molecule has 1 fully saturated rings. The summed E-state index contributed by atoms with van der Waals surface area (Å²) in [5, 5.41) is 2.74. The quantitative estimate of drug-likeness (QED) is 0.731. The molecule has 1 aliphatic rings. The van der Waals surface area contributed by atoms with Gasteiger partial charge in [0, 0.05) is 28.1 Å². The number of ether oxygens (including phenoxy) is 1. The van der Waals surface area contributed by atoms with Crippen LogP contribution in [0, 0.1) is 5.82 Å². The van der Waals surface area contributed by atoms with Crippen LogP contribution in [0.2, 0.25) is 0 Å². The Bertz CT molecular complexity index is 736. The maximum absolute atomic E-state index is 14.3. The summed E-state index contributed by atoms with van der Waals surface area (Å²) in [5.41, 5.74) is 1.02. The summed E-state index contributed by atoms with van der Waals surface area (Å²) in [6.45, 7) is 2.55. The van der Waals surface area contributed by atoms with Crippen molar-refractivity contribution in [1.82, 2.24) is 0 Å². The first-order chi connectivity index (χ1) is 12.1. The molecule has 7 heteroatoms. The minimum Gasteiger partial charge on any atom is -0.378 e. The topological polar surface area (TPSA) is 41.6 Å². The van der Waals surface area contributed by atoms with E-state index in [1.807, 2.05) is 29.2 Å². The van der Waals surface area contributed by atoms with E-state index in [-0.39, 0.29) is 17.5 Å². The third kappa shape index (κ3) is 5.20. The van der Waals surface area contributed by atoms with Gasteiger partial charge in [-0.1, -0.05) is 15.9 Å². The van der Waals surface area contributed by atoms with Gasteiger partial charge in [-0.25, -0.2) is 4.39 Å². The molecule has 1 heterocycles. The number of nitrogens with one attached hydrogen (secondary N) is 1. The molecule has 0 radical (unpaired) electrons. The molecule has 1 amide bonds. The maximum Gasteiger partial charge on any atom is 0.234 e. The number of hydrogen-bond donors (Lipinski definition) is 1. The maximum atomic E-state index is 14.3. The number of hydrogen-bond acceptors (Lipinski definition) is 4. The predicted octanol–water partition coefficient (Wildman–Crippen LogP) is 4.16. The lowest BCUT2D eigenvalue weighted by atomic mass is 10.2. The van der Waals surface area contributed by atoms with E-state index in [2.05, 4.69) is 21.2 Å². The molecule has 0 bridgehead atoms. The normalized spacial score (nSPS) is 14.4. The Morgan fingerprint density at radius 2 is 1.92 bits per heavy atom. The summed E-state index contributed by atoms with van der Waals surface area (Å²) in [4.78, 5) is 15.0. The van der Waals surface area contributed by atoms with Crippen molar-refractivity contribution < 1.29 is 13.9 Å². The largest absolute Gasteiger partial charge is 0.378 e. The van der Waals surface area contributed by atoms with Gasteiger partial charge < -0.3 is 15.0 Å². The molecule has 0 aliphatic carbocycles. The molecule has 3 rings (SSSR count). The summed E-state index contributed by atoms with van der Waals surface area (Å²) >= 11 is 4.81. The summed E-state index contributed by atoms with van der Waals surface area (Å²) in [7, 11) is 0. The molecule has 132 valence electrons. The summed E-state index contributed by atoms with van der Waals surface area (Å²) in [5.74, 6) is -0.222. The Balaban J connectivity index is 1.55. The highest BCUT2D eigenvalue weighted by atomic mass is 79.9. The first kappa shape index (κ1) is 18.2. The number of carbonyl (C=O) groups is 1. The zero-order chi connectivity index (χ0) is 17.6. The molecule has 1 aliphatic heterocycles. The molecule has 2 aromatic rings. The molecule has 2 aromatic carbocycles. The third-order valence-electron chi connectivity index (χ3n) is 3.77. The second-order valence-corrected chi connectivity index (χ2v) is 7.52. The first-order valence-corrected chi connectivity index (χ1v) is 9.70. The number of rotatable bonds is 5. The number of carbonyl (C=O) groups excluding carboxylic acids is 1. The Morgan fingerprint density at radius 1 is 1.20 bits per heavy atom. The monoisotopic (exact) mass is 424 g/mol. The molecule has 4 nitrogen and oxygen atoms in total. The van der Waals surface area contributed by atoms with Crippen molar-refractivity contribution in [1.29, 1.82) is 0 Å². The van der Waals surface area contributed by atoms with Gasteiger partial charge in [-0.3, -0.25) is 4.79 Å². The molecule has 1 saturated heterocycles. The van der Waals surface area contributed by atoms with Crippen LogP contribution in [0.4, 0.5) is 15.8 Å². The van der Waals surface area contributed by atoms with Crippen LogP contribution < -0.4 is 10.2 Å². The van der Waals surface area contributed by atoms with Crippen LogP contribution in [-0.2, 0) is 9.53 Å². The third-order valence-corrected chi connectivity index (χ3v) is 5.31. The van der Waals surface area contributed by atoms with Crippen LogP contribution in [-0.4, -0.2) is 38.0 Å². The van der Waals surface area contributed by atoms with Crippen molar-refractivity contribution in [2.75, 3.05) is 42.3 Å². The first-order valence-electron chi connectivity index (χ1n) is 7.92. The molecular weight excluding hydrogens is 407 g/mol. The Morgan fingerprint density at radius 3 is 2.60 bits per heavy atom. The number of halogens is 2. The lowest BCUT2D eigenvalue weighted by Crippen LogP contribution is -2.36. The number of morpholine rings is 1. The molecule has 1 N–H and O–H groups in total. The Hall–Kier alpha value is -1.57. The van der Waals surface area contributed by atoms with E-state index in [4.69, 9.17) is 4.74 Å². The smallest absolute Gasteiger partial charge is 0.234 e. The molecule has 25 heavy (non-hydrogen) atoms. The summed E-state index contributed by atoms with van der Waals surface area (Å²) in [6.07, 6.45) is 0. The van der Waals surface area contributed by atoms with Gasteiger partial charge in [0.05, 0.1) is 24.7 Å². The van der Waals surface area contributed by atoms with Crippen molar-refractivity contribution in [2.45, 2.75) is 4.90 Å². The van der Waals surface area contributed by atoms with Crippen LogP contribution in [0.25, 0.3) is 0 Å². The van der Waals surface area contributed by atoms with E-state index < -0.39 is 0 Å². The van der Waals surface area contributed by atoms with Crippen LogP contribution in [0.5, 0.6) is 0 Å². The highest BCUT2D eigenvalue weighted by Gasteiger charge is 2.15. The van der Waals surface area contributed by atoms with Crippen LogP contribution in [0.3, 0.4) is 0 Å². The number of benzene rings is 2. The zero-order valence-electron chi connectivity index (χ0n) is 13.5. The highest BCUT2D eigenvalue weighted by Crippen LogP contribution is 2.24. The molecule has 0 atom stereocenters. The lowest BCUT2D eigenvalue weighted by molar-refractivity contribution is -0.113. The highest BCUT2D eigenvalue weighted by molar-refractivity contribution is 9.10. The van der Waals surface area contributed by atoms with E-state index in [0.717, 1.165) is 9.37 Å². The lowest BCUT2D eigenvalue weighted by Gasteiger charge is -2.29.